The van der Waals surface area contributed by atoms with Crippen molar-refractivity contribution in [3.8, 4) is 23.0 Å². The van der Waals surface area contributed by atoms with Gasteiger partial charge in [-0.2, -0.15) is 0 Å². The van der Waals surface area contributed by atoms with Crippen LogP contribution in [-0.2, 0) is 9.47 Å². The Hall–Kier alpha value is -4.84. The van der Waals surface area contributed by atoms with E-state index in [0.29, 0.717) is 34.1 Å². The molecule has 0 aliphatic heterocycles. The highest BCUT2D eigenvalue weighted by Crippen LogP contribution is 2.31. The normalized spacial score (nSPS) is 10.7. The molecule has 0 radical (unpaired) electrons. The summed E-state index contributed by atoms with van der Waals surface area (Å²) >= 11 is 0. The quantitative estimate of drug-likeness (QED) is 0.241. The summed E-state index contributed by atoms with van der Waals surface area (Å²) < 4.78 is 21.7. The second kappa shape index (κ2) is 9.80. The summed E-state index contributed by atoms with van der Waals surface area (Å²) in [5, 5.41) is 3.72. The highest BCUT2D eigenvalue weighted by molar-refractivity contribution is 5.96. The van der Waals surface area contributed by atoms with Crippen LogP contribution < -0.4 is 9.47 Å². The first kappa shape index (κ1) is 22.9. The minimum absolute atomic E-state index is 0.369. The zero-order valence-corrected chi connectivity index (χ0v) is 19.7. The van der Waals surface area contributed by atoms with E-state index in [0.717, 1.165) is 21.5 Å². The molecule has 0 aliphatic rings. The zero-order valence-electron chi connectivity index (χ0n) is 19.7. The number of hydrogen-bond acceptors (Lipinski definition) is 6. The monoisotopic (exact) mass is 478 g/mol. The number of carbonyl (C=O) groups is 2. The van der Waals surface area contributed by atoms with E-state index in [9.17, 15) is 9.59 Å². The molecule has 0 amide bonds. The Morgan fingerprint density at radius 3 is 1.31 bits per heavy atom. The van der Waals surface area contributed by atoms with Gasteiger partial charge in [-0.05, 0) is 82.2 Å². The van der Waals surface area contributed by atoms with E-state index in [1.54, 1.807) is 24.3 Å². The van der Waals surface area contributed by atoms with Gasteiger partial charge in [-0.1, -0.05) is 30.3 Å². The van der Waals surface area contributed by atoms with Crippen molar-refractivity contribution in [3.05, 3.63) is 108 Å². The molecule has 6 heteroatoms. The molecule has 0 atom stereocenters. The van der Waals surface area contributed by atoms with Crippen LogP contribution in [-0.4, -0.2) is 26.2 Å². The maximum Gasteiger partial charge on any atom is 0.337 e. The average Bonchev–Trinajstić information content (AvgIpc) is 2.91. The van der Waals surface area contributed by atoms with Crippen LogP contribution in [0.3, 0.4) is 0 Å². The fourth-order valence-electron chi connectivity index (χ4n) is 3.94. The molecule has 0 bridgehead atoms. The Bertz CT molecular complexity index is 1490. The van der Waals surface area contributed by atoms with Gasteiger partial charge in [-0.3, -0.25) is 0 Å². The van der Waals surface area contributed by atoms with Crippen LogP contribution in [0.4, 0.5) is 0 Å². The van der Waals surface area contributed by atoms with Crippen molar-refractivity contribution < 1.29 is 28.5 Å². The topological polar surface area (TPSA) is 71.1 Å². The zero-order chi connectivity index (χ0) is 25.1. The number of ether oxygens (including phenoxy) is 4. The lowest BCUT2D eigenvalue weighted by Crippen LogP contribution is -2.00. The second-order valence-corrected chi connectivity index (χ2v) is 8.11. The maximum atomic E-state index is 11.8. The van der Waals surface area contributed by atoms with E-state index in [2.05, 4.69) is 0 Å². The van der Waals surface area contributed by atoms with Crippen LogP contribution in [0.5, 0.6) is 23.0 Å². The molecule has 0 aromatic heterocycles. The number of benzene rings is 5. The first-order valence-electron chi connectivity index (χ1n) is 11.2. The Labute approximate surface area is 207 Å². The summed E-state index contributed by atoms with van der Waals surface area (Å²) in [6.45, 7) is 0. The van der Waals surface area contributed by atoms with Crippen LogP contribution in [0.2, 0.25) is 0 Å². The van der Waals surface area contributed by atoms with Gasteiger partial charge in [0.2, 0.25) is 0 Å². The second-order valence-electron chi connectivity index (χ2n) is 8.11. The molecule has 36 heavy (non-hydrogen) atoms. The highest BCUT2D eigenvalue weighted by Gasteiger charge is 2.09. The van der Waals surface area contributed by atoms with E-state index in [1.165, 1.54) is 14.2 Å². The lowest BCUT2D eigenvalue weighted by Gasteiger charge is -2.11. The standard InChI is InChI=1S/C30H22O6/c1-33-29(31)23-8-6-21-16-27(12-10-19(21)14-23)35-25-4-3-5-26(18-25)36-28-13-11-20-15-24(30(32)34-2)9-7-22(20)17-28/h3-18H,1-2H3. The smallest absolute Gasteiger partial charge is 0.337 e. The van der Waals surface area contributed by atoms with Crippen LogP contribution >= 0.6 is 0 Å². The van der Waals surface area contributed by atoms with Gasteiger partial charge in [0, 0.05) is 6.07 Å². The summed E-state index contributed by atoms with van der Waals surface area (Å²) in [7, 11) is 2.73. The van der Waals surface area contributed by atoms with Gasteiger partial charge >= 0.3 is 11.9 Å². The molecule has 0 fully saturated rings. The fourth-order valence-corrected chi connectivity index (χ4v) is 3.94. The Morgan fingerprint density at radius 1 is 0.472 bits per heavy atom. The molecule has 5 aromatic rings. The van der Waals surface area contributed by atoms with Crippen LogP contribution in [0.15, 0.2) is 97.1 Å². The molecular weight excluding hydrogens is 456 g/mol. The van der Waals surface area contributed by atoms with Gasteiger partial charge in [0.25, 0.3) is 0 Å². The number of carbonyl (C=O) groups excluding carboxylic acids is 2. The first-order chi connectivity index (χ1) is 17.5. The van der Waals surface area contributed by atoms with Crippen LogP contribution in [0, 0.1) is 0 Å². The van der Waals surface area contributed by atoms with E-state index >= 15 is 0 Å². The molecule has 0 heterocycles. The number of rotatable bonds is 6. The van der Waals surface area contributed by atoms with Gasteiger partial charge in [0.05, 0.1) is 25.3 Å². The molecule has 0 unspecified atom stereocenters. The van der Waals surface area contributed by atoms with Crippen molar-refractivity contribution in [1.29, 1.82) is 0 Å². The van der Waals surface area contributed by atoms with E-state index in [1.807, 2.05) is 72.8 Å². The van der Waals surface area contributed by atoms with Crippen molar-refractivity contribution in [3.63, 3.8) is 0 Å². The summed E-state index contributed by atoms with van der Waals surface area (Å²) in [5.41, 5.74) is 1.00. The predicted molar refractivity (Wildman–Crippen MR) is 137 cm³/mol. The van der Waals surface area contributed by atoms with Crippen molar-refractivity contribution >= 4 is 33.5 Å². The highest BCUT2D eigenvalue weighted by atomic mass is 16.5. The molecule has 0 N–H and O–H groups in total. The maximum absolute atomic E-state index is 11.8. The molecule has 0 saturated heterocycles. The summed E-state index contributed by atoms with van der Waals surface area (Å²) in [6, 6.07) is 29.5. The third-order valence-corrected chi connectivity index (χ3v) is 5.74. The van der Waals surface area contributed by atoms with Crippen molar-refractivity contribution in [2.45, 2.75) is 0 Å². The summed E-state index contributed by atoms with van der Waals surface area (Å²) in [6.07, 6.45) is 0. The van der Waals surface area contributed by atoms with Gasteiger partial charge in [0.1, 0.15) is 23.0 Å². The molecule has 0 spiro atoms. The van der Waals surface area contributed by atoms with Crippen LogP contribution in [0.25, 0.3) is 21.5 Å². The van der Waals surface area contributed by atoms with E-state index in [4.69, 9.17) is 18.9 Å². The van der Waals surface area contributed by atoms with Crippen molar-refractivity contribution in [2.75, 3.05) is 14.2 Å². The Balaban J connectivity index is 1.33. The minimum atomic E-state index is -0.369. The van der Waals surface area contributed by atoms with Crippen molar-refractivity contribution in [2.24, 2.45) is 0 Å². The minimum Gasteiger partial charge on any atom is -0.465 e. The number of hydrogen-bond donors (Lipinski definition) is 0. The van der Waals surface area contributed by atoms with Gasteiger partial charge in [0.15, 0.2) is 0 Å². The van der Waals surface area contributed by atoms with Gasteiger partial charge in [-0.25, -0.2) is 9.59 Å². The molecule has 0 aliphatic carbocycles. The number of esters is 2. The number of fused-ring (bicyclic) bond motifs is 2. The largest absolute Gasteiger partial charge is 0.465 e. The summed E-state index contributed by atoms with van der Waals surface area (Å²) in [4.78, 5) is 23.5. The molecular formula is C30H22O6. The Kier molecular flexibility index (Phi) is 6.24. The first-order valence-corrected chi connectivity index (χ1v) is 11.2. The van der Waals surface area contributed by atoms with E-state index < -0.39 is 0 Å². The van der Waals surface area contributed by atoms with Crippen molar-refractivity contribution in [1.82, 2.24) is 0 Å². The van der Waals surface area contributed by atoms with Gasteiger partial charge in [-0.15, -0.1) is 0 Å². The lowest BCUT2D eigenvalue weighted by atomic mass is 10.1. The lowest BCUT2D eigenvalue weighted by molar-refractivity contribution is 0.0592. The number of methoxy groups -OCH3 is 2. The third kappa shape index (κ3) is 4.83. The average molecular weight is 479 g/mol. The molecule has 178 valence electrons. The Morgan fingerprint density at radius 2 is 0.861 bits per heavy atom. The SMILES string of the molecule is COC(=O)c1ccc2cc(Oc3cccc(Oc4ccc5cc(C(=O)OC)ccc5c4)c3)ccc2c1. The molecule has 5 aromatic carbocycles. The van der Waals surface area contributed by atoms with E-state index in [-0.39, 0.29) is 11.9 Å². The predicted octanol–water partition coefficient (Wildman–Crippen LogP) is 7.15. The van der Waals surface area contributed by atoms with Gasteiger partial charge < -0.3 is 18.9 Å². The molecule has 5 rings (SSSR count). The fraction of sp³-hybridized carbons (Fsp3) is 0.0667. The third-order valence-electron chi connectivity index (χ3n) is 5.74. The summed E-state index contributed by atoms with van der Waals surface area (Å²) in [5.74, 6) is 1.84. The molecule has 0 saturated carbocycles. The van der Waals surface area contributed by atoms with Crippen LogP contribution in [0.1, 0.15) is 20.7 Å². The molecule has 6 nitrogen and oxygen atoms in total.